The molecule has 10 nitrogen and oxygen atoms in total. The van der Waals surface area contributed by atoms with Crippen molar-refractivity contribution < 1.29 is 43.1 Å². The Kier molecular flexibility index (Phi) is 11.3. The highest BCUT2D eigenvalue weighted by molar-refractivity contribution is 5.68. The third-order valence-electron chi connectivity index (χ3n) is 7.25. The van der Waals surface area contributed by atoms with Crippen molar-refractivity contribution in [2.75, 3.05) is 46.6 Å². The number of carbonyl (C=O) groups excluding carboxylic acids is 1. The van der Waals surface area contributed by atoms with Gasteiger partial charge in [0.05, 0.1) is 65.4 Å². The molecule has 0 radical (unpaired) electrons. The zero-order valence-corrected chi connectivity index (χ0v) is 26.2. The van der Waals surface area contributed by atoms with E-state index >= 15 is 0 Å². The first-order chi connectivity index (χ1) is 20.4. The SMILES string of the molecule is COc1ccccc1COCCCOc1ccc([C@@H]2[C@@H](O)CN(C(=O)OC(C)(C)C)C[C@H]2OC[C@H]2COC(C)(C)O2)cc1. The van der Waals surface area contributed by atoms with E-state index in [1.807, 2.05) is 83.1 Å². The maximum Gasteiger partial charge on any atom is 0.410 e. The predicted molar refractivity (Wildman–Crippen MR) is 160 cm³/mol. The number of aliphatic hydroxyl groups is 1. The molecule has 0 saturated carbocycles. The maximum atomic E-state index is 12.9. The van der Waals surface area contributed by atoms with Crippen molar-refractivity contribution in [3.05, 3.63) is 59.7 Å². The van der Waals surface area contributed by atoms with Crippen LogP contribution in [0.2, 0.25) is 0 Å². The monoisotopic (exact) mass is 601 g/mol. The summed E-state index contributed by atoms with van der Waals surface area (Å²) in [6, 6.07) is 15.5. The molecule has 2 aromatic carbocycles. The lowest BCUT2D eigenvalue weighted by Crippen LogP contribution is -2.55. The van der Waals surface area contributed by atoms with Crippen LogP contribution in [0.4, 0.5) is 4.79 Å². The first kappa shape index (κ1) is 33.0. The number of benzene rings is 2. The molecule has 4 rings (SSSR count). The van der Waals surface area contributed by atoms with E-state index in [0.29, 0.717) is 26.4 Å². The molecule has 1 N–H and O–H groups in total. The van der Waals surface area contributed by atoms with Gasteiger partial charge in [-0.1, -0.05) is 30.3 Å². The number of nitrogens with zero attached hydrogens (tertiary/aromatic N) is 1. The van der Waals surface area contributed by atoms with Crippen molar-refractivity contribution in [3.63, 3.8) is 0 Å². The van der Waals surface area contributed by atoms with Gasteiger partial charge in [-0.15, -0.1) is 0 Å². The van der Waals surface area contributed by atoms with Gasteiger partial charge in [0, 0.05) is 17.9 Å². The minimum atomic E-state index is -0.851. The van der Waals surface area contributed by atoms with Gasteiger partial charge in [-0.25, -0.2) is 4.79 Å². The van der Waals surface area contributed by atoms with Crippen LogP contribution in [0.25, 0.3) is 0 Å². The Hall–Kier alpha value is -2.89. The second kappa shape index (κ2) is 14.7. The summed E-state index contributed by atoms with van der Waals surface area (Å²) in [6.07, 6.45) is -1.31. The Bertz CT molecular complexity index is 1160. The van der Waals surface area contributed by atoms with Gasteiger partial charge in [-0.2, -0.15) is 0 Å². The smallest absolute Gasteiger partial charge is 0.410 e. The highest BCUT2D eigenvalue weighted by Gasteiger charge is 2.42. The summed E-state index contributed by atoms with van der Waals surface area (Å²) in [5.74, 6) is 0.521. The maximum absolute atomic E-state index is 12.9. The van der Waals surface area contributed by atoms with Gasteiger partial charge in [0.2, 0.25) is 0 Å². The Labute approximate surface area is 255 Å². The third-order valence-corrected chi connectivity index (χ3v) is 7.25. The quantitative estimate of drug-likeness (QED) is 0.340. The molecule has 43 heavy (non-hydrogen) atoms. The molecular weight excluding hydrogens is 554 g/mol. The lowest BCUT2D eigenvalue weighted by atomic mass is 9.84. The molecule has 2 aliphatic heterocycles. The highest BCUT2D eigenvalue weighted by atomic mass is 16.7. The standard InChI is InChI=1S/C33H47NO9/c1-32(2,3)43-31(36)34-18-27(35)30(29(19-34)40-21-26-22-41-33(4,5)42-26)23-12-14-25(15-13-23)39-17-9-16-38-20-24-10-7-8-11-28(24)37-6/h7-8,10-15,26-27,29-30,35H,9,16-22H2,1-6H3/t26-,27-,29+,30+/m0/s1. The van der Waals surface area contributed by atoms with Crippen LogP contribution in [0.5, 0.6) is 11.5 Å². The first-order valence-electron chi connectivity index (χ1n) is 15.0. The van der Waals surface area contributed by atoms with Gasteiger partial charge in [0.25, 0.3) is 0 Å². The van der Waals surface area contributed by atoms with E-state index in [1.165, 1.54) is 4.90 Å². The number of hydrogen-bond acceptors (Lipinski definition) is 9. The predicted octanol–water partition coefficient (Wildman–Crippen LogP) is 4.91. The number of piperidine rings is 1. The normalized spacial score (nSPS) is 23.7. The number of hydrogen-bond donors (Lipinski definition) is 1. The summed E-state index contributed by atoms with van der Waals surface area (Å²) in [6.45, 7) is 11.9. The fraction of sp³-hybridized carbons (Fsp3) is 0.606. The molecular formula is C33H47NO9. The minimum absolute atomic E-state index is 0.141. The second-order valence-electron chi connectivity index (χ2n) is 12.4. The van der Waals surface area contributed by atoms with Crippen LogP contribution >= 0.6 is 0 Å². The molecule has 0 bridgehead atoms. The average Bonchev–Trinajstić information content (AvgIpc) is 3.31. The van der Waals surface area contributed by atoms with E-state index in [-0.39, 0.29) is 31.7 Å². The van der Waals surface area contributed by atoms with Crippen LogP contribution in [-0.2, 0) is 30.3 Å². The molecule has 2 heterocycles. The molecule has 0 aliphatic carbocycles. The van der Waals surface area contributed by atoms with Crippen molar-refractivity contribution in [1.29, 1.82) is 0 Å². The molecule has 2 saturated heterocycles. The van der Waals surface area contributed by atoms with Crippen molar-refractivity contribution in [1.82, 2.24) is 4.90 Å². The van der Waals surface area contributed by atoms with Crippen molar-refractivity contribution >= 4 is 6.09 Å². The number of carbonyl (C=O) groups is 1. The van der Waals surface area contributed by atoms with E-state index in [2.05, 4.69) is 0 Å². The fourth-order valence-corrected chi connectivity index (χ4v) is 5.28. The summed E-state index contributed by atoms with van der Waals surface area (Å²) in [5.41, 5.74) is 1.27. The molecule has 10 heteroatoms. The van der Waals surface area contributed by atoms with Crippen LogP contribution in [0.15, 0.2) is 48.5 Å². The van der Waals surface area contributed by atoms with E-state index in [9.17, 15) is 9.90 Å². The van der Waals surface area contributed by atoms with Gasteiger partial charge < -0.3 is 43.2 Å². The van der Waals surface area contributed by atoms with Crippen LogP contribution in [0.1, 0.15) is 58.1 Å². The molecule has 4 atom stereocenters. The topological polar surface area (TPSA) is 105 Å². The van der Waals surface area contributed by atoms with Gasteiger partial charge in [-0.05, 0) is 58.4 Å². The van der Waals surface area contributed by atoms with Crippen LogP contribution in [0, 0.1) is 0 Å². The van der Waals surface area contributed by atoms with Gasteiger partial charge in [0.1, 0.15) is 23.2 Å². The van der Waals surface area contributed by atoms with Crippen LogP contribution in [0.3, 0.4) is 0 Å². The number of amides is 1. The largest absolute Gasteiger partial charge is 0.496 e. The van der Waals surface area contributed by atoms with E-state index in [4.69, 9.17) is 33.2 Å². The van der Waals surface area contributed by atoms with Gasteiger partial charge >= 0.3 is 6.09 Å². The zero-order valence-electron chi connectivity index (χ0n) is 26.2. The van der Waals surface area contributed by atoms with E-state index < -0.39 is 29.7 Å². The lowest BCUT2D eigenvalue weighted by molar-refractivity contribution is -0.152. The Morgan fingerprint density at radius 1 is 1.07 bits per heavy atom. The number of likely N-dealkylation sites (tertiary alicyclic amines) is 1. The molecule has 238 valence electrons. The van der Waals surface area contributed by atoms with Gasteiger partial charge in [-0.3, -0.25) is 0 Å². The molecule has 0 unspecified atom stereocenters. The van der Waals surface area contributed by atoms with Gasteiger partial charge in [0.15, 0.2) is 5.79 Å². The number of β-amino-alcohol motifs (C(OH)–C–C–N with tert-alkyl or cyclic N) is 1. The average molecular weight is 602 g/mol. The van der Waals surface area contributed by atoms with Crippen molar-refractivity contribution in [3.8, 4) is 11.5 Å². The Balaban J connectivity index is 1.32. The number of aliphatic hydroxyl groups excluding tert-OH is 1. The molecule has 0 spiro atoms. The van der Waals surface area contributed by atoms with Crippen molar-refractivity contribution in [2.24, 2.45) is 0 Å². The summed E-state index contributed by atoms with van der Waals surface area (Å²) >= 11 is 0. The summed E-state index contributed by atoms with van der Waals surface area (Å²) in [4.78, 5) is 14.4. The molecule has 2 aromatic rings. The zero-order chi connectivity index (χ0) is 31.0. The second-order valence-corrected chi connectivity index (χ2v) is 12.4. The number of methoxy groups -OCH3 is 1. The highest BCUT2D eigenvalue weighted by Crippen LogP contribution is 2.33. The first-order valence-corrected chi connectivity index (χ1v) is 15.0. The van der Waals surface area contributed by atoms with Crippen LogP contribution < -0.4 is 9.47 Å². The Morgan fingerprint density at radius 3 is 2.49 bits per heavy atom. The number of para-hydroxylation sites is 1. The summed E-state index contributed by atoms with van der Waals surface area (Å²) < 4.78 is 40.6. The number of rotatable bonds is 12. The number of ether oxygens (including phenoxy) is 7. The van der Waals surface area contributed by atoms with Crippen molar-refractivity contribution in [2.45, 2.75) is 83.3 Å². The fourth-order valence-electron chi connectivity index (χ4n) is 5.28. The van der Waals surface area contributed by atoms with Crippen LogP contribution in [-0.4, -0.2) is 92.4 Å². The molecule has 0 aromatic heterocycles. The minimum Gasteiger partial charge on any atom is -0.496 e. The molecule has 2 aliphatic rings. The lowest BCUT2D eigenvalue weighted by Gasteiger charge is -2.42. The Morgan fingerprint density at radius 2 is 1.81 bits per heavy atom. The summed E-state index contributed by atoms with van der Waals surface area (Å²) in [7, 11) is 1.65. The molecule has 1 amide bonds. The van der Waals surface area contributed by atoms with E-state index in [1.54, 1.807) is 7.11 Å². The molecule has 2 fully saturated rings. The van der Waals surface area contributed by atoms with E-state index in [0.717, 1.165) is 29.0 Å². The third kappa shape index (κ3) is 9.81. The summed E-state index contributed by atoms with van der Waals surface area (Å²) in [5, 5.41) is 11.3.